The smallest absolute Gasteiger partial charge is 0.200 e. The second-order valence-corrected chi connectivity index (χ2v) is 18.5. The summed E-state index contributed by atoms with van der Waals surface area (Å²) in [7, 11) is -3.84. The van der Waals surface area contributed by atoms with Crippen molar-refractivity contribution >= 4 is 27.0 Å². The van der Waals surface area contributed by atoms with Gasteiger partial charge < -0.3 is 9.22 Å². The van der Waals surface area contributed by atoms with Crippen LogP contribution in [0.5, 0.6) is 0 Å². The molecule has 0 aliphatic heterocycles. The van der Waals surface area contributed by atoms with Crippen molar-refractivity contribution in [2.24, 2.45) is 0 Å². The Hall–Kier alpha value is -0.716. The Balaban J connectivity index is 2.66. The van der Waals surface area contributed by atoms with Gasteiger partial charge in [-0.25, -0.2) is 0 Å². The van der Waals surface area contributed by atoms with Gasteiger partial charge in [0.1, 0.15) is 5.41 Å². The summed E-state index contributed by atoms with van der Waals surface area (Å²) in [5.74, 6) is 0. The maximum Gasteiger partial charge on any atom is 0.200 e. The number of carbonyl (C=O) groups excluding carboxylic acids is 1. The van der Waals surface area contributed by atoms with E-state index in [4.69, 9.17) is 4.43 Å². The number of hydrogen-bond donors (Lipinski definition) is 0. The lowest BCUT2D eigenvalue weighted by molar-refractivity contribution is -0.112. The van der Waals surface area contributed by atoms with Gasteiger partial charge >= 0.3 is 0 Å². The molecule has 25 heavy (non-hydrogen) atoms. The predicted octanol–water partition coefficient (Wildman–Crippen LogP) is 5.68. The molecule has 0 aliphatic carbocycles. The van der Waals surface area contributed by atoms with E-state index in [0.29, 0.717) is 28.5 Å². The van der Waals surface area contributed by atoms with Gasteiger partial charge in [-0.1, -0.05) is 90.2 Å². The molecule has 1 aromatic carbocycles. The molecule has 4 heteroatoms. The van der Waals surface area contributed by atoms with Gasteiger partial charge in [0, 0.05) is 13.0 Å². The molecule has 0 saturated heterocycles. The second-order valence-electron chi connectivity index (χ2n) is 8.68. The minimum atomic E-state index is -2.03. The fraction of sp³-hybridized carbons (Fsp3) is 0.667. The van der Waals surface area contributed by atoms with Crippen molar-refractivity contribution in [1.29, 1.82) is 0 Å². The molecular formula is C21H38O2Si2. The summed E-state index contributed by atoms with van der Waals surface area (Å²) < 4.78 is 6.58. The van der Waals surface area contributed by atoms with E-state index in [1.165, 1.54) is 5.19 Å². The van der Waals surface area contributed by atoms with Crippen molar-refractivity contribution in [3.05, 3.63) is 30.3 Å². The first-order valence-corrected chi connectivity index (χ1v) is 14.9. The Labute approximate surface area is 157 Å². The van der Waals surface area contributed by atoms with Crippen molar-refractivity contribution < 1.29 is 9.22 Å². The SMILES string of the molecule is CC(C)[Si](OCCCC(=O)[Si](C)(C)c1ccccc1)(C(C)C)C(C)C. The van der Waals surface area contributed by atoms with Crippen molar-refractivity contribution in [2.75, 3.05) is 6.61 Å². The van der Waals surface area contributed by atoms with E-state index in [2.05, 4.69) is 66.8 Å². The Morgan fingerprint density at radius 2 is 1.40 bits per heavy atom. The quantitative estimate of drug-likeness (QED) is 0.386. The van der Waals surface area contributed by atoms with E-state index in [1.54, 1.807) is 0 Å². The van der Waals surface area contributed by atoms with Crippen LogP contribution < -0.4 is 5.19 Å². The van der Waals surface area contributed by atoms with Crippen LogP contribution in [0.15, 0.2) is 30.3 Å². The molecule has 0 atom stereocenters. The van der Waals surface area contributed by atoms with Crippen LogP contribution in [0, 0.1) is 0 Å². The standard InChI is InChI=1S/C21H38O2Si2/c1-17(2)25(18(3)4,19(5)6)23-16-12-15-21(22)24(7,8)20-13-10-9-11-14-20/h9-11,13-14,17-19H,12,15-16H2,1-8H3. The van der Waals surface area contributed by atoms with E-state index < -0.39 is 16.4 Å². The van der Waals surface area contributed by atoms with Gasteiger partial charge in [-0.15, -0.1) is 0 Å². The third kappa shape index (κ3) is 5.14. The summed E-state index contributed by atoms with van der Waals surface area (Å²) >= 11 is 0. The third-order valence-corrected chi connectivity index (χ3v) is 15.3. The van der Waals surface area contributed by atoms with Gasteiger partial charge in [-0.05, 0) is 23.0 Å². The zero-order valence-corrected chi connectivity index (χ0v) is 19.6. The number of hydrogen-bond acceptors (Lipinski definition) is 2. The Kier molecular flexibility index (Phi) is 8.29. The number of rotatable bonds is 10. The topological polar surface area (TPSA) is 26.3 Å². The van der Waals surface area contributed by atoms with Crippen LogP contribution in [-0.2, 0) is 9.22 Å². The molecular weight excluding hydrogens is 340 g/mol. The maximum atomic E-state index is 12.8. The molecule has 0 aromatic heterocycles. The van der Waals surface area contributed by atoms with Crippen molar-refractivity contribution in [3.8, 4) is 0 Å². The molecule has 0 radical (unpaired) electrons. The summed E-state index contributed by atoms with van der Waals surface area (Å²) in [6.07, 6.45) is 1.50. The molecule has 0 amide bonds. The van der Waals surface area contributed by atoms with Gasteiger partial charge in [0.25, 0.3) is 0 Å². The van der Waals surface area contributed by atoms with Gasteiger partial charge in [0.15, 0.2) is 16.4 Å². The first kappa shape index (κ1) is 22.3. The summed E-state index contributed by atoms with van der Waals surface area (Å²) in [5.41, 5.74) is 1.79. The summed E-state index contributed by atoms with van der Waals surface area (Å²) in [5, 5.41) is 1.67. The van der Waals surface area contributed by atoms with Crippen molar-refractivity contribution in [3.63, 3.8) is 0 Å². The first-order chi connectivity index (χ1) is 11.6. The average Bonchev–Trinajstić information content (AvgIpc) is 2.54. The number of carbonyl (C=O) groups is 1. The molecule has 1 aromatic rings. The molecule has 2 nitrogen and oxygen atoms in total. The lowest BCUT2D eigenvalue weighted by atomic mass is 10.3. The highest BCUT2D eigenvalue weighted by atomic mass is 28.4. The minimum Gasteiger partial charge on any atom is -0.416 e. The highest BCUT2D eigenvalue weighted by Crippen LogP contribution is 2.42. The van der Waals surface area contributed by atoms with Crippen LogP contribution in [0.4, 0.5) is 0 Å². The van der Waals surface area contributed by atoms with Crippen molar-refractivity contribution in [2.45, 2.75) is 84.1 Å². The molecule has 142 valence electrons. The van der Waals surface area contributed by atoms with Gasteiger partial charge in [-0.3, -0.25) is 0 Å². The van der Waals surface area contributed by atoms with Crippen LogP contribution in [-0.4, -0.2) is 28.4 Å². The minimum absolute atomic E-state index is 0.438. The summed E-state index contributed by atoms with van der Waals surface area (Å²) in [4.78, 5) is 12.8. The lowest BCUT2D eigenvalue weighted by Gasteiger charge is -2.42. The molecule has 0 aliphatic rings. The molecule has 0 unspecified atom stereocenters. The largest absolute Gasteiger partial charge is 0.416 e. The van der Waals surface area contributed by atoms with Crippen LogP contribution in [0.2, 0.25) is 29.7 Å². The molecule has 1 rings (SSSR count). The molecule has 0 spiro atoms. The maximum absolute atomic E-state index is 12.8. The normalized spacial score (nSPS) is 13.1. The average molecular weight is 379 g/mol. The van der Waals surface area contributed by atoms with Gasteiger partial charge in [0.2, 0.25) is 0 Å². The van der Waals surface area contributed by atoms with Gasteiger partial charge in [-0.2, -0.15) is 0 Å². The molecule has 0 bridgehead atoms. The Morgan fingerprint density at radius 1 is 0.920 bits per heavy atom. The zero-order chi connectivity index (χ0) is 19.3. The first-order valence-electron chi connectivity index (χ1n) is 9.79. The van der Waals surface area contributed by atoms with Crippen LogP contribution >= 0.6 is 0 Å². The molecule has 0 N–H and O–H groups in total. The van der Waals surface area contributed by atoms with Crippen LogP contribution in [0.1, 0.15) is 54.4 Å². The van der Waals surface area contributed by atoms with Gasteiger partial charge in [0.05, 0.1) is 0 Å². The highest BCUT2D eigenvalue weighted by Gasteiger charge is 2.44. The van der Waals surface area contributed by atoms with Crippen LogP contribution in [0.3, 0.4) is 0 Å². The monoisotopic (exact) mass is 378 g/mol. The predicted molar refractivity (Wildman–Crippen MR) is 115 cm³/mol. The van der Waals surface area contributed by atoms with Crippen LogP contribution in [0.25, 0.3) is 0 Å². The van der Waals surface area contributed by atoms with E-state index in [-0.39, 0.29) is 0 Å². The van der Waals surface area contributed by atoms with E-state index in [1.807, 2.05) is 18.2 Å². The summed E-state index contributed by atoms with van der Waals surface area (Å²) in [6, 6.07) is 10.3. The van der Waals surface area contributed by atoms with E-state index in [0.717, 1.165) is 13.0 Å². The number of benzene rings is 1. The fourth-order valence-corrected chi connectivity index (χ4v) is 12.0. The zero-order valence-electron chi connectivity index (χ0n) is 17.6. The molecule has 0 saturated carbocycles. The highest BCUT2D eigenvalue weighted by molar-refractivity contribution is 7.13. The lowest BCUT2D eigenvalue weighted by Crippen LogP contribution is -2.50. The van der Waals surface area contributed by atoms with E-state index in [9.17, 15) is 4.79 Å². The Bertz CT molecular complexity index is 514. The molecule has 0 heterocycles. The summed E-state index contributed by atoms with van der Waals surface area (Å²) in [6.45, 7) is 18.9. The Morgan fingerprint density at radius 3 is 1.84 bits per heavy atom. The second kappa shape index (κ2) is 9.29. The van der Waals surface area contributed by atoms with Crippen molar-refractivity contribution in [1.82, 2.24) is 0 Å². The molecule has 0 fully saturated rings. The van der Waals surface area contributed by atoms with E-state index >= 15 is 0 Å². The fourth-order valence-electron chi connectivity index (χ4n) is 4.31. The third-order valence-electron chi connectivity index (χ3n) is 5.80.